The van der Waals surface area contributed by atoms with Gasteiger partial charge < -0.3 is 0 Å². The van der Waals surface area contributed by atoms with Gasteiger partial charge in [-0.3, -0.25) is 4.79 Å². The molecule has 0 saturated carbocycles. The predicted molar refractivity (Wildman–Crippen MR) is 119 cm³/mol. The molecule has 0 fully saturated rings. The summed E-state index contributed by atoms with van der Waals surface area (Å²) >= 11 is 10.2. The number of benzene rings is 2. The van der Waals surface area contributed by atoms with Gasteiger partial charge in [-0.2, -0.15) is 18.3 Å². The third-order valence-corrected chi connectivity index (χ3v) is 7.27. The number of nitrogens with zero attached hydrogens (tertiary/aromatic N) is 3. The summed E-state index contributed by atoms with van der Waals surface area (Å²) in [6.45, 7) is 0. The summed E-state index contributed by atoms with van der Waals surface area (Å²) in [6, 6.07) is 12.0. The molecule has 0 aliphatic heterocycles. The Morgan fingerprint density at radius 1 is 1.10 bits per heavy atom. The number of hydrogen-bond donors (Lipinski definition) is 1. The second kappa shape index (κ2) is 11.0. The van der Waals surface area contributed by atoms with Crippen molar-refractivity contribution in [3.8, 4) is 0 Å². The molecule has 0 bridgehead atoms. The van der Waals surface area contributed by atoms with Crippen molar-refractivity contribution in [1.82, 2.24) is 15.6 Å². The van der Waals surface area contributed by atoms with Gasteiger partial charge >= 0.3 is 6.18 Å². The minimum absolute atomic E-state index is 0.0775. The van der Waals surface area contributed by atoms with Gasteiger partial charge in [-0.15, -0.1) is 10.2 Å². The number of hydrogen-bond acceptors (Lipinski definition) is 7. The van der Waals surface area contributed by atoms with Gasteiger partial charge in [0.2, 0.25) is 0 Å². The molecular formula is C19H14ClF3N4OS3. The SMILES string of the molecule is O=C(CSc1nnc(SCc2ccccc2Cl)s1)NN=Cc1ccc(C(F)(F)F)cc1. The fourth-order valence-electron chi connectivity index (χ4n) is 2.17. The summed E-state index contributed by atoms with van der Waals surface area (Å²) in [5.74, 6) is 0.375. The highest BCUT2D eigenvalue weighted by molar-refractivity contribution is 8.03. The lowest BCUT2D eigenvalue weighted by molar-refractivity contribution is -0.137. The minimum Gasteiger partial charge on any atom is -0.272 e. The average molecular weight is 503 g/mol. The van der Waals surface area contributed by atoms with Crippen molar-refractivity contribution in [2.24, 2.45) is 5.10 Å². The molecule has 0 atom stereocenters. The Kier molecular flexibility index (Phi) is 8.35. The summed E-state index contributed by atoms with van der Waals surface area (Å²) in [5, 5.41) is 12.6. The first-order valence-corrected chi connectivity index (χ1v) is 11.8. The lowest BCUT2D eigenvalue weighted by atomic mass is 10.1. The van der Waals surface area contributed by atoms with Gasteiger partial charge in [-0.05, 0) is 29.3 Å². The molecule has 5 nitrogen and oxygen atoms in total. The summed E-state index contributed by atoms with van der Waals surface area (Å²) in [6.07, 6.45) is -3.12. The Morgan fingerprint density at radius 3 is 2.45 bits per heavy atom. The van der Waals surface area contributed by atoms with E-state index in [0.29, 0.717) is 20.7 Å². The summed E-state index contributed by atoms with van der Waals surface area (Å²) < 4.78 is 39.0. The van der Waals surface area contributed by atoms with Gasteiger partial charge in [0.05, 0.1) is 17.5 Å². The minimum atomic E-state index is -4.39. The van der Waals surface area contributed by atoms with Crippen molar-refractivity contribution in [2.75, 3.05) is 5.75 Å². The zero-order valence-electron chi connectivity index (χ0n) is 15.6. The van der Waals surface area contributed by atoms with Gasteiger partial charge in [0.1, 0.15) is 0 Å². The third-order valence-electron chi connectivity index (χ3n) is 3.66. The molecule has 0 radical (unpaired) electrons. The standard InChI is InChI=1S/C19H14ClF3N4OS3/c20-15-4-2-1-3-13(15)10-29-17-26-27-18(31-17)30-11-16(28)25-24-9-12-5-7-14(8-6-12)19(21,22)23/h1-9H,10-11H2,(H,25,28). The predicted octanol–water partition coefficient (Wildman–Crippen LogP) is 5.75. The smallest absolute Gasteiger partial charge is 0.272 e. The molecule has 3 aromatic rings. The van der Waals surface area contributed by atoms with Crippen LogP contribution in [0.1, 0.15) is 16.7 Å². The van der Waals surface area contributed by atoms with E-state index in [2.05, 4.69) is 20.7 Å². The molecule has 12 heteroatoms. The van der Waals surface area contributed by atoms with E-state index in [1.54, 1.807) is 0 Å². The zero-order chi connectivity index (χ0) is 22.3. The zero-order valence-corrected chi connectivity index (χ0v) is 18.8. The molecule has 1 N–H and O–H groups in total. The number of nitrogens with one attached hydrogen (secondary N) is 1. The van der Waals surface area contributed by atoms with Crippen molar-refractivity contribution >= 4 is 58.6 Å². The topological polar surface area (TPSA) is 67.2 Å². The number of thioether (sulfide) groups is 2. The maximum absolute atomic E-state index is 12.5. The van der Waals surface area contributed by atoms with Crippen LogP contribution in [-0.4, -0.2) is 28.1 Å². The highest BCUT2D eigenvalue weighted by Gasteiger charge is 2.29. The van der Waals surface area contributed by atoms with Crippen molar-refractivity contribution in [1.29, 1.82) is 0 Å². The van der Waals surface area contributed by atoms with E-state index in [4.69, 9.17) is 11.6 Å². The number of carbonyl (C=O) groups is 1. The molecule has 2 aromatic carbocycles. The Morgan fingerprint density at radius 2 is 1.77 bits per heavy atom. The Labute approximate surface area is 193 Å². The fourth-order valence-corrected chi connectivity index (χ4v) is 5.26. The summed E-state index contributed by atoms with van der Waals surface area (Å²) in [4.78, 5) is 11.9. The monoisotopic (exact) mass is 502 g/mol. The van der Waals surface area contributed by atoms with Gasteiger partial charge in [-0.25, -0.2) is 5.43 Å². The second-order valence-corrected chi connectivity index (χ2v) is 9.75. The van der Waals surface area contributed by atoms with Crippen molar-refractivity contribution < 1.29 is 18.0 Å². The average Bonchev–Trinajstić information content (AvgIpc) is 3.19. The van der Waals surface area contributed by atoms with Crippen LogP contribution in [0.4, 0.5) is 13.2 Å². The maximum atomic E-state index is 12.5. The lowest BCUT2D eigenvalue weighted by Gasteiger charge is -2.05. The molecule has 0 spiro atoms. The van der Waals surface area contributed by atoms with E-state index in [9.17, 15) is 18.0 Å². The van der Waals surface area contributed by atoms with E-state index >= 15 is 0 Å². The van der Waals surface area contributed by atoms with Gasteiger partial charge in [-0.1, -0.05) is 76.8 Å². The third kappa shape index (κ3) is 7.53. The normalized spacial score (nSPS) is 11.7. The first kappa shape index (κ1) is 23.6. The molecule has 3 rings (SSSR count). The number of amides is 1. The number of halogens is 4. The summed E-state index contributed by atoms with van der Waals surface area (Å²) in [5.41, 5.74) is 3.03. The van der Waals surface area contributed by atoms with Crippen LogP contribution in [0.5, 0.6) is 0 Å². The maximum Gasteiger partial charge on any atom is 0.416 e. The molecule has 0 aliphatic rings. The molecule has 0 aliphatic carbocycles. The van der Waals surface area contributed by atoms with Crippen LogP contribution in [0.3, 0.4) is 0 Å². The molecule has 1 amide bonds. The second-order valence-electron chi connectivity index (χ2n) is 5.92. The highest BCUT2D eigenvalue weighted by atomic mass is 35.5. The molecule has 0 unspecified atom stereocenters. The van der Waals surface area contributed by atoms with Crippen LogP contribution in [-0.2, 0) is 16.7 Å². The molecule has 1 aromatic heterocycles. The highest BCUT2D eigenvalue weighted by Crippen LogP contribution is 2.32. The van der Waals surface area contributed by atoms with E-state index < -0.39 is 11.7 Å². The Hall–Kier alpha value is -2.08. The van der Waals surface area contributed by atoms with Gasteiger partial charge in [0.25, 0.3) is 5.91 Å². The molecule has 0 saturated heterocycles. The number of aromatic nitrogens is 2. The first-order valence-electron chi connectivity index (χ1n) is 8.63. The van der Waals surface area contributed by atoms with Crippen molar-refractivity contribution in [2.45, 2.75) is 20.6 Å². The number of alkyl halides is 3. The quantitative estimate of drug-likeness (QED) is 0.241. The first-order chi connectivity index (χ1) is 14.8. The Bertz CT molecular complexity index is 1060. The van der Waals surface area contributed by atoms with Crippen LogP contribution in [0.25, 0.3) is 0 Å². The molecular weight excluding hydrogens is 489 g/mol. The van der Waals surface area contributed by atoms with E-state index in [-0.39, 0.29) is 11.7 Å². The van der Waals surface area contributed by atoms with Crippen LogP contribution < -0.4 is 5.43 Å². The summed E-state index contributed by atoms with van der Waals surface area (Å²) in [7, 11) is 0. The molecule has 1 heterocycles. The van der Waals surface area contributed by atoms with Crippen LogP contribution in [0.15, 0.2) is 62.3 Å². The molecule has 162 valence electrons. The van der Waals surface area contributed by atoms with Crippen LogP contribution in [0.2, 0.25) is 5.02 Å². The van der Waals surface area contributed by atoms with Crippen molar-refractivity contribution in [3.05, 3.63) is 70.2 Å². The number of hydrazone groups is 1. The van der Waals surface area contributed by atoms with Crippen LogP contribution >= 0.6 is 46.5 Å². The lowest BCUT2D eigenvalue weighted by Crippen LogP contribution is -2.19. The number of rotatable bonds is 8. The van der Waals surface area contributed by atoms with Gasteiger partial charge in [0.15, 0.2) is 8.68 Å². The number of carbonyl (C=O) groups excluding carboxylic acids is 1. The fraction of sp³-hybridized carbons (Fsp3) is 0.158. The van der Waals surface area contributed by atoms with Gasteiger partial charge in [0, 0.05) is 10.8 Å². The van der Waals surface area contributed by atoms with E-state index in [0.717, 1.165) is 22.0 Å². The van der Waals surface area contributed by atoms with E-state index in [1.165, 1.54) is 53.2 Å². The van der Waals surface area contributed by atoms with Crippen LogP contribution in [0, 0.1) is 0 Å². The molecule has 31 heavy (non-hydrogen) atoms. The Balaban J connectivity index is 1.42. The largest absolute Gasteiger partial charge is 0.416 e. The van der Waals surface area contributed by atoms with E-state index in [1.807, 2.05) is 24.3 Å². The van der Waals surface area contributed by atoms with Crippen molar-refractivity contribution in [3.63, 3.8) is 0 Å².